The molecule has 1 aliphatic rings. The van der Waals surface area contributed by atoms with E-state index in [1.807, 2.05) is 24.7 Å². The number of rotatable bonds is 1. The van der Waals surface area contributed by atoms with Gasteiger partial charge in [0.15, 0.2) is 5.82 Å². The number of carbonyl (C=O) groups excluding carboxylic acids is 1. The van der Waals surface area contributed by atoms with Crippen LogP contribution in [0.4, 0.5) is 0 Å². The van der Waals surface area contributed by atoms with Crippen molar-refractivity contribution in [3.8, 4) is 0 Å². The van der Waals surface area contributed by atoms with Crippen LogP contribution in [0.5, 0.6) is 0 Å². The predicted molar refractivity (Wildman–Crippen MR) is 48.6 cm³/mol. The summed E-state index contributed by atoms with van der Waals surface area (Å²) in [6.45, 7) is 3.69. The van der Waals surface area contributed by atoms with Gasteiger partial charge >= 0.3 is 0 Å². The van der Waals surface area contributed by atoms with Gasteiger partial charge in [0.05, 0.1) is 5.69 Å². The smallest absolute Gasteiger partial charge is 0.289 e. The second-order valence-corrected chi connectivity index (χ2v) is 3.33. The van der Waals surface area contributed by atoms with Crippen molar-refractivity contribution < 1.29 is 4.79 Å². The average Bonchev–Trinajstić information content (AvgIpc) is 2.55. The Hall–Kier alpha value is -1.32. The summed E-state index contributed by atoms with van der Waals surface area (Å²) in [5, 5.41) is 0. The number of fused-ring (bicyclic) bond motifs is 1. The van der Waals surface area contributed by atoms with Gasteiger partial charge in [-0.15, -0.1) is 0 Å². The molecule has 4 nitrogen and oxygen atoms in total. The lowest BCUT2D eigenvalue weighted by Gasteiger charge is -2.22. The van der Waals surface area contributed by atoms with E-state index in [1.54, 1.807) is 4.90 Å². The number of aryl methyl sites for hydroxylation is 1. The molecule has 0 aromatic carbocycles. The van der Waals surface area contributed by atoms with Crippen molar-refractivity contribution >= 4 is 5.91 Å². The first-order valence-electron chi connectivity index (χ1n) is 4.54. The molecule has 0 bridgehead atoms. The van der Waals surface area contributed by atoms with Crippen LogP contribution in [0.15, 0.2) is 6.20 Å². The van der Waals surface area contributed by atoms with Crippen LogP contribution in [0.3, 0.4) is 0 Å². The molecule has 2 rings (SSSR count). The molecule has 70 valence electrons. The monoisotopic (exact) mass is 179 g/mol. The maximum Gasteiger partial charge on any atom is 0.289 e. The molecule has 0 aliphatic carbocycles. The van der Waals surface area contributed by atoms with E-state index in [1.165, 1.54) is 0 Å². The van der Waals surface area contributed by atoms with Gasteiger partial charge in [-0.25, -0.2) is 4.98 Å². The van der Waals surface area contributed by atoms with Crippen LogP contribution >= 0.6 is 0 Å². The first kappa shape index (κ1) is 8.29. The van der Waals surface area contributed by atoms with Crippen LogP contribution < -0.4 is 0 Å². The van der Waals surface area contributed by atoms with Crippen LogP contribution in [0.2, 0.25) is 0 Å². The highest BCUT2D eigenvalue weighted by atomic mass is 16.2. The standard InChI is InChI=1S/C9H13N3O/c1-3-7-6-12-5-4-11(2)9(13)8(12)10-7/h6H,3-5H2,1-2H3. The highest BCUT2D eigenvalue weighted by Crippen LogP contribution is 2.11. The summed E-state index contributed by atoms with van der Waals surface area (Å²) in [7, 11) is 1.81. The van der Waals surface area contributed by atoms with E-state index in [9.17, 15) is 4.79 Å². The predicted octanol–water partition coefficient (Wildman–Crippen LogP) is 0.531. The third kappa shape index (κ3) is 1.22. The van der Waals surface area contributed by atoms with E-state index >= 15 is 0 Å². The number of likely N-dealkylation sites (N-methyl/N-ethyl adjacent to an activating group) is 1. The SMILES string of the molecule is CCc1cn2c(n1)C(=O)N(C)CC2. The van der Waals surface area contributed by atoms with Crippen molar-refractivity contribution in [2.45, 2.75) is 19.9 Å². The largest absolute Gasteiger partial charge is 0.337 e. The Morgan fingerprint density at radius 1 is 1.54 bits per heavy atom. The van der Waals surface area contributed by atoms with E-state index < -0.39 is 0 Å². The molecule has 4 heteroatoms. The molecule has 2 heterocycles. The number of amides is 1. The first-order chi connectivity index (χ1) is 6.22. The molecular formula is C9H13N3O. The molecule has 0 atom stereocenters. The Labute approximate surface area is 77.2 Å². The number of aromatic nitrogens is 2. The fraction of sp³-hybridized carbons (Fsp3) is 0.556. The maximum atomic E-state index is 11.6. The zero-order chi connectivity index (χ0) is 9.42. The average molecular weight is 179 g/mol. The van der Waals surface area contributed by atoms with Gasteiger partial charge in [-0.05, 0) is 6.42 Å². The van der Waals surface area contributed by atoms with Crippen molar-refractivity contribution in [1.82, 2.24) is 14.5 Å². The minimum atomic E-state index is 0.0333. The lowest BCUT2D eigenvalue weighted by molar-refractivity contribution is 0.0741. The molecule has 13 heavy (non-hydrogen) atoms. The quantitative estimate of drug-likeness (QED) is 0.630. The summed E-state index contributed by atoms with van der Waals surface area (Å²) < 4.78 is 1.95. The third-order valence-corrected chi connectivity index (χ3v) is 2.40. The second kappa shape index (κ2) is 2.87. The van der Waals surface area contributed by atoms with Crippen molar-refractivity contribution in [3.63, 3.8) is 0 Å². The molecule has 0 fully saturated rings. The summed E-state index contributed by atoms with van der Waals surface area (Å²) in [5.74, 6) is 0.622. The van der Waals surface area contributed by atoms with Gasteiger partial charge in [-0.1, -0.05) is 6.92 Å². The highest BCUT2D eigenvalue weighted by Gasteiger charge is 2.23. The number of hydrogen-bond acceptors (Lipinski definition) is 2. The van der Waals surface area contributed by atoms with Gasteiger partial charge in [0, 0.05) is 26.3 Å². The van der Waals surface area contributed by atoms with Crippen LogP contribution in [0.25, 0.3) is 0 Å². The lowest BCUT2D eigenvalue weighted by atomic mass is 10.4. The molecule has 1 aliphatic heterocycles. The van der Waals surface area contributed by atoms with Gasteiger partial charge in [-0.2, -0.15) is 0 Å². The van der Waals surface area contributed by atoms with Gasteiger partial charge in [-0.3, -0.25) is 4.79 Å². The Bertz CT molecular complexity index is 343. The highest BCUT2D eigenvalue weighted by molar-refractivity contribution is 5.91. The zero-order valence-electron chi connectivity index (χ0n) is 7.95. The second-order valence-electron chi connectivity index (χ2n) is 3.33. The number of imidazole rings is 1. The van der Waals surface area contributed by atoms with E-state index in [0.29, 0.717) is 5.82 Å². The van der Waals surface area contributed by atoms with Gasteiger partial charge in [0.2, 0.25) is 0 Å². The van der Waals surface area contributed by atoms with Crippen molar-refractivity contribution in [2.75, 3.05) is 13.6 Å². The van der Waals surface area contributed by atoms with E-state index in [4.69, 9.17) is 0 Å². The van der Waals surface area contributed by atoms with Crippen molar-refractivity contribution in [1.29, 1.82) is 0 Å². The van der Waals surface area contributed by atoms with Crippen LogP contribution in [0, 0.1) is 0 Å². The van der Waals surface area contributed by atoms with Gasteiger partial charge in [0.1, 0.15) is 0 Å². The lowest BCUT2D eigenvalue weighted by Crippen LogP contribution is -2.37. The Balaban J connectivity index is 2.42. The number of nitrogens with zero attached hydrogens (tertiary/aromatic N) is 3. The molecule has 0 spiro atoms. The molecule has 1 amide bonds. The molecular weight excluding hydrogens is 166 g/mol. The molecule has 0 unspecified atom stereocenters. The topological polar surface area (TPSA) is 38.1 Å². The van der Waals surface area contributed by atoms with E-state index in [2.05, 4.69) is 4.98 Å². The Kier molecular flexibility index (Phi) is 1.83. The fourth-order valence-corrected chi connectivity index (χ4v) is 1.51. The maximum absolute atomic E-state index is 11.6. The molecule has 0 saturated carbocycles. The summed E-state index contributed by atoms with van der Waals surface area (Å²) in [4.78, 5) is 17.6. The van der Waals surface area contributed by atoms with Crippen LogP contribution in [-0.4, -0.2) is 34.0 Å². The number of carbonyl (C=O) groups is 1. The minimum Gasteiger partial charge on any atom is -0.337 e. The summed E-state index contributed by atoms with van der Waals surface area (Å²) in [5.41, 5.74) is 0.999. The number of hydrogen-bond donors (Lipinski definition) is 0. The molecule has 1 aromatic rings. The van der Waals surface area contributed by atoms with Crippen LogP contribution in [0.1, 0.15) is 23.2 Å². The third-order valence-electron chi connectivity index (χ3n) is 2.40. The molecule has 1 aromatic heterocycles. The summed E-state index contributed by atoms with van der Waals surface area (Å²) in [6.07, 6.45) is 2.86. The molecule has 0 N–H and O–H groups in total. The summed E-state index contributed by atoms with van der Waals surface area (Å²) >= 11 is 0. The van der Waals surface area contributed by atoms with Crippen molar-refractivity contribution in [2.24, 2.45) is 0 Å². The van der Waals surface area contributed by atoms with Gasteiger partial charge < -0.3 is 9.47 Å². The molecule has 0 radical (unpaired) electrons. The minimum absolute atomic E-state index is 0.0333. The van der Waals surface area contributed by atoms with Gasteiger partial charge in [0.25, 0.3) is 5.91 Å². The molecule has 0 saturated heterocycles. The Morgan fingerprint density at radius 2 is 2.31 bits per heavy atom. The fourth-order valence-electron chi connectivity index (χ4n) is 1.51. The van der Waals surface area contributed by atoms with E-state index in [-0.39, 0.29) is 5.91 Å². The zero-order valence-corrected chi connectivity index (χ0v) is 7.95. The van der Waals surface area contributed by atoms with Crippen LogP contribution in [-0.2, 0) is 13.0 Å². The first-order valence-corrected chi connectivity index (χ1v) is 4.54. The summed E-state index contributed by atoms with van der Waals surface area (Å²) in [6, 6.07) is 0. The Morgan fingerprint density at radius 3 is 3.00 bits per heavy atom. The van der Waals surface area contributed by atoms with E-state index in [0.717, 1.165) is 25.2 Å². The normalized spacial score (nSPS) is 16.2. The van der Waals surface area contributed by atoms with Crippen molar-refractivity contribution in [3.05, 3.63) is 17.7 Å².